The van der Waals surface area contributed by atoms with Crippen molar-refractivity contribution >= 4 is 11.7 Å². The third kappa shape index (κ3) is 5.42. The minimum Gasteiger partial charge on any atom is -0.381 e. The first-order valence-corrected chi connectivity index (χ1v) is 13.0. The second kappa shape index (κ2) is 10.5. The summed E-state index contributed by atoms with van der Waals surface area (Å²) in [4.78, 5) is 25.7. The fourth-order valence-corrected chi connectivity index (χ4v) is 6.03. The van der Waals surface area contributed by atoms with Crippen LogP contribution in [0.15, 0.2) is 12.2 Å². The topological polar surface area (TPSA) is 73.2 Å². The third-order valence-electron chi connectivity index (χ3n) is 8.33. The second-order valence-corrected chi connectivity index (χ2v) is 10.6. The van der Waals surface area contributed by atoms with E-state index in [4.69, 9.17) is 9.84 Å². The number of nitrogens with zero attached hydrogens (tertiary/aromatic N) is 2. The smallest absolute Gasteiger partial charge is 0.255 e. The van der Waals surface area contributed by atoms with E-state index in [1.54, 1.807) is 0 Å². The lowest BCUT2D eigenvalue weighted by Crippen LogP contribution is -2.40. The Balaban J connectivity index is 1.36. The Morgan fingerprint density at radius 2 is 1.88 bits per heavy atom. The molecule has 0 aromatic carbocycles. The molecule has 1 saturated carbocycles. The number of allylic oxidation sites excluding steroid dienone is 1. The number of aromatic nitrogens is 2. The van der Waals surface area contributed by atoms with Gasteiger partial charge in [0.1, 0.15) is 5.78 Å². The van der Waals surface area contributed by atoms with Gasteiger partial charge in [-0.3, -0.25) is 14.3 Å². The lowest BCUT2D eigenvalue weighted by molar-refractivity contribution is -0.124. The van der Waals surface area contributed by atoms with Gasteiger partial charge < -0.3 is 10.1 Å². The fourth-order valence-electron chi connectivity index (χ4n) is 6.03. The Labute approximate surface area is 198 Å². The summed E-state index contributed by atoms with van der Waals surface area (Å²) >= 11 is 0. The Morgan fingerprint density at radius 3 is 2.55 bits per heavy atom. The van der Waals surface area contributed by atoms with Crippen LogP contribution in [0.25, 0.3) is 0 Å². The van der Waals surface area contributed by atoms with E-state index in [-0.39, 0.29) is 17.2 Å². The van der Waals surface area contributed by atoms with Crippen LogP contribution in [-0.2, 0) is 28.9 Å². The summed E-state index contributed by atoms with van der Waals surface area (Å²) in [5.74, 6) is 1.31. The average Bonchev–Trinajstić information content (AvgIpc) is 3.10. The zero-order chi connectivity index (χ0) is 23.4. The maximum atomic E-state index is 12.9. The van der Waals surface area contributed by atoms with Gasteiger partial charge in [-0.05, 0) is 82.5 Å². The van der Waals surface area contributed by atoms with Crippen LogP contribution in [0, 0.1) is 17.3 Å². The molecule has 1 aliphatic carbocycles. The van der Waals surface area contributed by atoms with Gasteiger partial charge in [-0.2, -0.15) is 5.10 Å². The number of Topliss-reactive ketones (excluding diaryl/α,β-unsaturated/α-hetero) is 1. The van der Waals surface area contributed by atoms with E-state index >= 15 is 0 Å². The van der Waals surface area contributed by atoms with Gasteiger partial charge in [0.15, 0.2) is 0 Å². The minimum absolute atomic E-state index is 0.0250. The monoisotopic (exact) mass is 455 g/mol. The average molecular weight is 456 g/mol. The van der Waals surface area contributed by atoms with Crippen molar-refractivity contribution in [1.82, 2.24) is 15.1 Å². The summed E-state index contributed by atoms with van der Waals surface area (Å²) in [6, 6.07) is 0. The molecule has 6 heteroatoms. The number of unbranched alkanes of at least 4 members (excludes halogenated alkanes) is 1. The predicted molar refractivity (Wildman–Crippen MR) is 129 cm³/mol. The Hall–Kier alpha value is -1.95. The maximum absolute atomic E-state index is 12.9. The molecule has 3 aliphatic rings. The summed E-state index contributed by atoms with van der Waals surface area (Å²) in [6.07, 6.45) is 10.3. The number of aryl methyl sites for hydroxylation is 2. The Bertz CT molecular complexity index is 873. The van der Waals surface area contributed by atoms with Crippen molar-refractivity contribution in [2.24, 2.45) is 17.3 Å². The standard InChI is InChI=1S/C27H41N3O3/c1-4-22-25-23(17-27(18-28-26(25)32)12-15-33-16-13-27)30(29-22)14-6-5-7-24(31)21-10-8-20(9-11-21)19(2)3/h20-21H,2,4-18H2,1,3H3,(H,28,32). The SMILES string of the molecule is C=C(C)C1CCC(C(=O)CCCCn2nc(CC)c3c2CC2(CCOCC2)CNC3=O)CC1. The molecule has 0 bridgehead atoms. The van der Waals surface area contributed by atoms with Crippen molar-refractivity contribution in [1.29, 1.82) is 0 Å². The van der Waals surface area contributed by atoms with Crippen molar-refractivity contribution in [3.63, 3.8) is 0 Å². The zero-order valence-corrected chi connectivity index (χ0v) is 20.6. The van der Waals surface area contributed by atoms with Crippen molar-refractivity contribution in [3.8, 4) is 0 Å². The van der Waals surface area contributed by atoms with E-state index in [1.807, 2.05) is 0 Å². The number of ketones is 1. The highest BCUT2D eigenvalue weighted by atomic mass is 16.5. The summed E-state index contributed by atoms with van der Waals surface area (Å²) in [5.41, 5.74) is 4.12. The molecular formula is C27H41N3O3. The van der Waals surface area contributed by atoms with E-state index in [2.05, 4.69) is 30.4 Å². The van der Waals surface area contributed by atoms with Crippen LogP contribution in [0.2, 0.25) is 0 Å². The lowest BCUT2D eigenvalue weighted by atomic mass is 9.76. The molecule has 4 rings (SSSR count). The maximum Gasteiger partial charge on any atom is 0.255 e. The molecule has 182 valence electrons. The predicted octanol–water partition coefficient (Wildman–Crippen LogP) is 4.65. The molecule has 0 unspecified atom stereocenters. The first kappa shape index (κ1) is 24.2. The van der Waals surface area contributed by atoms with Crippen molar-refractivity contribution in [3.05, 3.63) is 29.1 Å². The van der Waals surface area contributed by atoms with Gasteiger partial charge in [-0.15, -0.1) is 0 Å². The van der Waals surface area contributed by atoms with Gasteiger partial charge in [-0.25, -0.2) is 0 Å². The van der Waals surface area contributed by atoms with Crippen LogP contribution in [-0.4, -0.2) is 41.2 Å². The molecule has 1 spiro atoms. The summed E-state index contributed by atoms with van der Waals surface area (Å²) in [6.45, 7) is 11.3. The van der Waals surface area contributed by atoms with Gasteiger partial charge in [0, 0.05) is 38.6 Å². The number of hydrogen-bond acceptors (Lipinski definition) is 4. The van der Waals surface area contributed by atoms with Gasteiger partial charge >= 0.3 is 0 Å². The van der Waals surface area contributed by atoms with Gasteiger partial charge in [0.05, 0.1) is 17.0 Å². The number of carbonyl (C=O) groups is 2. The first-order valence-electron chi connectivity index (χ1n) is 13.0. The lowest BCUT2D eigenvalue weighted by Gasteiger charge is -2.36. The number of amides is 1. The van der Waals surface area contributed by atoms with Gasteiger partial charge in [0.2, 0.25) is 0 Å². The summed E-state index contributed by atoms with van der Waals surface area (Å²) in [7, 11) is 0. The highest BCUT2D eigenvalue weighted by molar-refractivity contribution is 5.97. The molecule has 33 heavy (non-hydrogen) atoms. The van der Waals surface area contributed by atoms with Crippen LogP contribution in [0.4, 0.5) is 0 Å². The summed E-state index contributed by atoms with van der Waals surface area (Å²) in [5, 5.41) is 8.02. The molecule has 1 aromatic rings. The molecule has 0 atom stereocenters. The van der Waals surface area contributed by atoms with Crippen LogP contribution < -0.4 is 5.32 Å². The molecule has 1 saturated heterocycles. The molecule has 2 fully saturated rings. The molecule has 1 N–H and O–H groups in total. The highest BCUT2D eigenvalue weighted by Crippen LogP contribution is 2.37. The fraction of sp³-hybridized carbons (Fsp3) is 0.741. The summed E-state index contributed by atoms with van der Waals surface area (Å²) < 4.78 is 7.69. The number of hydrogen-bond donors (Lipinski definition) is 1. The normalized spacial score (nSPS) is 24.7. The van der Waals surface area contributed by atoms with E-state index in [1.165, 1.54) is 5.57 Å². The van der Waals surface area contributed by atoms with E-state index in [0.717, 1.165) is 107 Å². The van der Waals surface area contributed by atoms with Crippen molar-refractivity contribution < 1.29 is 14.3 Å². The number of nitrogens with one attached hydrogen (secondary N) is 1. The van der Waals surface area contributed by atoms with Crippen LogP contribution in [0.1, 0.15) is 93.4 Å². The zero-order valence-electron chi connectivity index (χ0n) is 20.6. The molecular weight excluding hydrogens is 414 g/mol. The third-order valence-corrected chi connectivity index (χ3v) is 8.33. The first-order chi connectivity index (χ1) is 15.9. The van der Waals surface area contributed by atoms with E-state index in [0.29, 0.717) is 18.1 Å². The Kier molecular flexibility index (Phi) is 7.72. The largest absolute Gasteiger partial charge is 0.381 e. The second-order valence-electron chi connectivity index (χ2n) is 10.6. The van der Waals surface area contributed by atoms with Crippen molar-refractivity contribution in [2.75, 3.05) is 19.8 Å². The van der Waals surface area contributed by atoms with E-state index < -0.39 is 0 Å². The molecule has 6 nitrogen and oxygen atoms in total. The van der Waals surface area contributed by atoms with E-state index in [9.17, 15) is 9.59 Å². The van der Waals surface area contributed by atoms with Gasteiger partial charge in [0.25, 0.3) is 5.91 Å². The van der Waals surface area contributed by atoms with Crippen LogP contribution >= 0.6 is 0 Å². The quantitative estimate of drug-likeness (QED) is 0.457. The Morgan fingerprint density at radius 1 is 1.18 bits per heavy atom. The molecule has 1 amide bonds. The molecule has 3 heterocycles. The minimum atomic E-state index is 0.0250. The molecule has 0 radical (unpaired) electrons. The van der Waals surface area contributed by atoms with Crippen LogP contribution in [0.3, 0.4) is 0 Å². The number of carbonyl (C=O) groups excluding carboxylic acids is 2. The number of fused-ring (bicyclic) bond motifs is 1. The number of ether oxygens (including phenoxy) is 1. The highest BCUT2D eigenvalue weighted by Gasteiger charge is 2.39. The molecule has 2 aliphatic heterocycles. The van der Waals surface area contributed by atoms with Crippen LogP contribution in [0.5, 0.6) is 0 Å². The van der Waals surface area contributed by atoms with Crippen molar-refractivity contribution in [2.45, 2.75) is 91.0 Å². The number of rotatable bonds is 8. The van der Waals surface area contributed by atoms with Gasteiger partial charge in [-0.1, -0.05) is 19.1 Å². The molecule has 1 aromatic heterocycles.